The van der Waals surface area contributed by atoms with E-state index in [9.17, 15) is 18.0 Å². The Labute approximate surface area is 154 Å². The van der Waals surface area contributed by atoms with Gasteiger partial charge in [0, 0.05) is 13.1 Å². The van der Waals surface area contributed by atoms with Gasteiger partial charge in [0.15, 0.2) is 0 Å². The maximum atomic E-state index is 12.6. The summed E-state index contributed by atoms with van der Waals surface area (Å²) in [5.41, 5.74) is 0.641. The fourth-order valence-electron chi connectivity index (χ4n) is 2.98. The maximum Gasteiger partial charge on any atom is 0.339 e. The summed E-state index contributed by atoms with van der Waals surface area (Å²) in [6.45, 7) is 2.58. The van der Waals surface area contributed by atoms with Crippen LogP contribution in [0, 0.1) is 5.92 Å². The highest BCUT2D eigenvalue weighted by atomic mass is 32.2. The number of benzene rings is 1. The number of anilines is 1. The van der Waals surface area contributed by atoms with Crippen molar-refractivity contribution in [3.8, 4) is 0 Å². The van der Waals surface area contributed by atoms with Crippen LogP contribution in [0.4, 0.5) is 5.69 Å². The van der Waals surface area contributed by atoms with Gasteiger partial charge < -0.3 is 10.1 Å². The van der Waals surface area contributed by atoms with Crippen LogP contribution in [0.1, 0.15) is 43.0 Å². The lowest BCUT2D eigenvalue weighted by atomic mass is 9.98. The van der Waals surface area contributed by atoms with Gasteiger partial charge in [0.1, 0.15) is 0 Å². The van der Waals surface area contributed by atoms with Gasteiger partial charge in [0.25, 0.3) is 0 Å². The number of esters is 1. The van der Waals surface area contributed by atoms with E-state index in [1.54, 1.807) is 24.3 Å². The molecule has 1 amide bonds. The molecule has 0 saturated carbocycles. The van der Waals surface area contributed by atoms with Gasteiger partial charge in [0.2, 0.25) is 15.9 Å². The average molecular weight is 382 g/mol. The van der Waals surface area contributed by atoms with E-state index in [1.807, 2.05) is 6.92 Å². The highest BCUT2D eigenvalue weighted by Crippen LogP contribution is 2.23. The van der Waals surface area contributed by atoms with Gasteiger partial charge in [-0.2, -0.15) is 0 Å². The van der Waals surface area contributed by atoms with E-state index in [0.717, 1.165) is 6.42 Å². The van der Waals surface area contributed by atoms with Crippen LogP contribution < -0.4 is 5.32 Å². The molecule has 0 radical (unpaired) electrons. The number of piperidine rings is 1. The molecular weight excluding hydrogens is 356 g/mol. The van der Waals surface area contributed by atoms with Crippen molar-refractivity contribution in [1.29, 1.82) is 0 Å². The van der Waals surface area contributed by atoms with E-state index >= 15 is 0 Å². The highest BCUT2D eigenvalue weighted by molar-refractivity contribution is 7.89. The van der Waals surface area contributed by atoms with Crippen molar-refractivity contribution in [1.82, 2.24) is 4.31 Å². The van der Waals surface area contributed by atoms with Gasteiger partial charge in [0.05, 0.1) is 30.0 Å². The molecule has 0 spiro atoms. The van der Waals surface area contributed by atoms with Gasteiger partial charge in [-0.25, -0.2) is 17.5 Å². The number of sulfonamides is 1. The summed E-state index contributed by atoms with van der Waals surface area (Å²) < 4.78 is 30.9. The van der Waals surface area contributed by atoms with E-state index in [0.29, 0.717) is 31.5 Å². The molecule has 1 aromatic rings. The molecule has 1 heterocycles. The molecular formula is C18H26N2O5S. The van der Waals surface area contributed by atoms with Crippen molar-refractivity contribution in [3.63, 3.8) is 0 Å². The number of carbonyl (C=O) groups excluding carboxylic acids is 2. The topological polar surface area (TPSA) is 92.8 Å². The first-order valence-electron chi connectivity index (χ1n) is 8.85. The first kappa shape index (κ1) is 20.4. The second-order valence-electron chi connectivity index (χ2n) is 6.39. The van der Waals surface area contributed by atoms with E-state index in [1.165, 1.54) is 11.4 Å². The second kappa shape index (κ2) is 9.14. The van der Waals surface area contributed by atoms with Crippen molar-refractivity contribution in [3.05, 3.63) is 29.8 Å². The third kappa shape index (κ3) is 5.04. The van der Waals surface area contributed by atoms with Gasteiger partial charge >= 0.3 is 5.97 Å². The summed E-state index contributed by atoms with van der Waals surface area (Å²) in [6, 6.07) is 6.60. The van der Waals surface area contributed by atoms with Crippen LogP contribution in [0.3, 0.4) is 0 Å². The van der Waals surface area contributed by atoms with Gasteiger partial charge in [-0.3, -0.25) is 4.79 Å². The number of nitrogens with zero attached hydrogens (tertiary/aromatic N) is 1. The zero-order valence-electron chi connectivity index (χ0n) is 15.2. The number of hydrogen-bond donors (Lipinski definition) is 1. The molecule has 1 unspecified atom stereocenters. The average Bonchev–Trinajstić information content (AvgIpc) is 2.66. The summed E-state index contributed by atoms with van der Waals surface area (Å²) in [7, 11) is -2.05. The predicted molar refractivity (Wildman–Crippen MR) is 99.4 cm³/mol. The normalized spacial score (nSPS) is 18.3. The summed E-state index contributed by atoms with van der Waals surface area (Å²) in [4.78, 5) is 24.4. The number of unbranched alkanes of at least 4 members (excludes halogenated alkanes) is 1. The summed E-state index contributed by atoms with van der Waals surface area (Å²) in [6.07, 6.45) is 2.68. The molecule has 1 saturated heterocycles. The molecule has 0 aliphatic carbocycles. The van der Waals surface area contributed by atoms with Crippen molar-refractivity contribution in [2.45, 2.75) is 32.6 Å². The van der Waals surface area contributed by atoms with Crippen LogP contribution >= 0.6 is 0 Å². The maximum absolute atomic E-state index is 12.6. The monoisotopic (exact) mass is 382 g/mol. The minimum Gasteiger partial charge on any atom is -0.465 e. The fourth-order valence-corrected chi connectivity index (χ4v) is 4.71. The van der Waals surface area contributed by atoms with Crippen LogP contribution in [0.25, 0.3) is 0 Å². The Kier molecular flexibility index (Phi) is 7.16. The molecule has 1 aliphatic rings. The minimum atomic E-state index is -3.33. The predicted octanol–water partition coefficient (Wildman–Crippen LogP) is 2.25. The van der Waals surface area contributed by atoms with E-state index in [-0.39, 0.29) is 23.8 Å². The third-order valence-corrected chi connectivity index (χ3v) is 6.42. The summed E-state index contributed by atoms with van der Waals surface area (Å²) in [5.74, 6) is -1.14. The molecule has 0 bridgehead atoms. The number of nitrogens with one attached hydrogen (secondary N) is 1. The third-order valence-electron chi connectivity index (χ3n) is 4.49. The smallest absolute Gasteiger partial charge is 0.339 e. The van der Waals surface area contributed by atoms with E-state index in [4.69, 9.17) is 4.74 Å². The number of ether oxygens (including phenoxy) is 1. The number of carbonyl (C=O) groups is 2. The number of para-hydroxylation sites is 1. The van der Waals surface area contributed by atoms with Crippen LogP contribution in [-0.2, 0) is 19.6 Å². The van der Waals surface area contributed by atoms with Crippen molar-refractivity contribution >= 4 is 27.6 Å². The van der Waals surface area contributed by atoms with Crippen LogP contribution in [0.2, 0.25) is 0 Å². The quantitative estimate of drug-likeness (QED) is 0.730. The first-order valence-corrected chi connectivity index (χ1v) is 10.5. The Hall–Kier alpha value is -1.93. The van der Waals surface area contributed by atoms with E-state index < -0.39 is 21.9 Å². The van der Waals surface area contributed by atoms with Gasteiger partial charge in [-0.15, -0.1) is 0 Å². The molecule has 26 heavy (non-hydrogen) atoms. The lowest BCUT2D eigenvalue weighted by molar-refractivity contribution is -0.120. The minimum absolute atomic E-state index is 0.114. The Morgan fingerprint density at radius 1 is 1.31 bits per heavy atom. The lowest BCUT2D eigenvalue weighted by Crippen LogP contribution is -2.44. The largest absolute Gasteiger partial charge is 0.465 e. The summed E-state index contributed by atoms with van der Waals surface area (Å²) in [5, 5.41) is 2.75. The molecule has 1 atom stereocenters. The summed E-state index contributed by atoms with van der Waals surface area (Å²) >= 11 is 0. The zero-order valence-corrected chi connectivity index (χ0v) is 16.0. The van der Waals surface area contributed by atoms with Crippen LogP contribution in [-0.4, -0.2) is 50.6 Å². The molecule has 1 fully saturated rings. The number of hydrogen-bond acceptors (Lipinski definition) is 5. The van der Waals surface area contributed by atoms with Crippen molar-refractivity contribution in [2.75, 3.05) is 31.3 Å². The number of amides is 1. The van der Waals surface area contributed by atoms with Gasteiger partial charge in [-0.05, 0) is 31.4 Å². The standard InChI is InChI=1S/C18H26N2O5S/c1-3-4-12-26(23,24)20-11-7-8-14(13-20)17(21)19-16-10-6-5-9-15(16)18(22)25-2/h5-6,9-10,14H,3-4,7-8,11-13H2,1-2H3,(H,19,21). The molecule has 7 nitrogen and oxygen atoms in total. The first-order chi connectivity index (χ1) is 12.4. The second-order valence-corrected chi connectivity index (χ2v) is 8.48. The fraction of sp³-hybridized carbons (Fsp3) is 0.556. The van der Waals surface area contributed by atoms with E-state index in [2.05, 4.69) is 5.32 Å². The molecule has 0 aromatic heterocycles. The Balaban J connectivity index is 2.07. The SMILES string of the molecule is CCCCS(=O)(=O)N1CCCC(C(=O)Nc2ccccc2C(=O)OC)C1. The zero-order chi connectivity index (χ0) is 19.2. The molecule has 1 aliphatic heterocycles. The van der Waals surface area contributed by atoms with Crippen LogP contribution in [0.5, 0.6) is 0 Å². The van der Waals surface area contributed by atoms with Crippen LogP contribution in [0.15, 0.2) is 24.3 Å². The molecule has 1 N–H and O–H groups in total. The van der Waals surface area contributed by atoms with Crippen molar-refractivity contribution < 1.29 is 22.7 Å². The highest BCUT2D eigenvalue weighted by Gasteiger charge is 2.32. The molecule has 1 aromatic carbocycles. The van der Waals surface area contributed by atoms with Gasteiger partial charge in [-0.1, -0.05) is 25.5 Å². The number of rotatable bonds is 7. The Morgan fingerprint density at radius 3 is 2.73 bits per heavy atom. The molecule has 2 rings (SSSR count). The molecule has 8 heteroatoms. The Bertz CT molecular complexity index is 748. The van der Waals surface area contributed by atoms with Crippen molar-refractivity contribution in [2.24, 2.45) is 5.92 Å². The molecule has 144 valence electrons. The lowest BCUT2D eigenvalue weighted by Gasteiger charge is -2.31. The Morgan fingerprint density at radius 2 is 2.04 bits per heavy atom. The number of methoxy groups -OCH3 is 1.